The van der Waals surface area contributed by atoms with Gasteiger partial charge < -0.3 is 15.8 Å². The van der Waals surface area contributed by atoms with Crippen LogP contribution in [0.25, 0.3) is 0 Å². The molecule has 1 aromatic rings. The first-order chi connectivity index (χ1) is 9.15. The van der Waals surface area contributed by atoms with Gasteiger partial charge in [0.25, 0.3) is 5.91 Å². The maximum Gasteiger partial charge on any atom is 0.258 e. The zero-order chi connectivity index (χ0) is 13.7. The molecule has 104 valence electrons. The van der Waals surface area contributed by atoms with Crippen LogP contribution < -0.4 is 15.8 Å². The van der Waals surface area contributed by atoms with Gasteiger partial charge in [0.2, 0.25) is 0 Å². The number of para-hydroxylation sites is 1. The second kappa shape index (κ2) is 6.02. The summed E-state index contributed by atoms with van der Waals surface area (Å²) < 4.78 is 18.5. The molecule has 1 saturated carbocycles. The summed E-state index contributed by atoms with van der Waals surface area (Å²) in [5, 5.41) is 2.92. The number of hydrogen-bond donors (Lipinski definition) is 2. The van der Waals surface area contributed by atoms with Gasteiger partial charge >= 0.3 is 0 Å². The molecule has 0 bridgehead atoms. The fourth-order valence-corrected chi connectivity index (χ4v) is 2.47. The van der Waals surface area contributed by atoms with Gasteiger partial charge in [0.1, 0.15) is 0 Å². The van der Waals surface area contributed by atoms with Gasteiger partial charge in [-0.3, -0.25) is 4.79 Å². The quantitative estimate of drug-likeness (QED) is 0.850. The number of carbonyl (C=O) groups is 1. The molecule has 1 aromatic carbocycles. The first-order valence-corrected chi connectivity index (χ1v) is 6.54. The van der Waals surface area contributed by atoms with Crippen molar-refractivity contribution in [3.8, 4) is 5.75 Å². The normalized spacial score (nSPS) is 17.2. The summed E-state index contributed by atoms with van der Waals surface area (Å²) >= 11 is 0. The van der Waals surface area contributed by atoms with E-state index in [1.165, 1.54) is 12.1 Å². The molecule has 19 heavy (non-hydrogen) atoms. The molecule has 0 aromatic heterocycles. The minimum absolute atomic E-state index is 0.0888. The molecule has 1 fully saturated rings. The third kappa shape index (κ3) is 3.44. The molecule has 0 radical (unpaired) electrons. The highest BCUT2D eigenvalue weighted by Gasteiger charge is 2.33. The molecule has 0 saturated heterocycles. The smallest absolute Gasteiger partial charge is 0.258 e. The van der Waals surface area contributed by atoms with Crippen LogP contribution >= 0.6 is 0 Å². The lowest BCUT2D eigenvalue weighted by molar-refractivity contribution is -0.125. The van der Waals surface area contributed by atoms with Gasteiger partial charge in [0.15, 0.2) is 18.2 Å². The molecule has 1 aliphatic carbocycles. The van der Waals surface area contributed by atoms with Gasteiger partial charge in [-0.1, -0.05) is 25.0 Å². The van der Waals surface area contributed by atoms with Crippen LogP contribution in [0.15, 0.2) is 24.3 Å². The van der Waals surface area contributed by atoms with Crippen molar-refractivity contribution in [2.45, 2.75) is 31.2 Å². The van der Waals surface area contributed by atoms with Crippen molar-refractivity contribution in [1.82, 2.24) is 5.32 Å². The topological polar surface area (TPSA) is 64.3 Å². The number of nitrogens with one attached hydrogen (secondary N) is 1. The molecule has 1 aliphatic rings. The third-order valence-electron chi connectivity index (χ3n) is 3.55. The van der Waals surface area contributed by atoms with E-state index in [9.17, 15) is 9.18 Å². The lowest BCUT2D eigenvalue weighted by Crippen LogP contribution is -2.52. The molecule has 0 heterocycles. The van der Waals surface area contributed by atoms with Crippen molar-refractivity contribution < 1.29 is 13.9 Å². The van der Waals surface area contributed by atoms with E-state index in [2.05, 4.69) is 5.32 Å². The van der Waals surface area contributed by atoms with E-state index >= 15 is 0 Å². The van der Waals surface area contributed by atoms with Crippen molar-refractivity contribution in [1.29, 1.82) is 0 Å². The van der Waals surface area contributed by atoms with Gasteiger partial charge in [0, 0.05) is 6.54 Å². The summed E-state index contributed by atoms with van der Waals surface area (Å²) in [7, 11) is 0. The fourth-order valence-electron chi connectivity index (χ4n) is 2.47. The zero-order valence-corrected chi connectivity index (χ0v) is 10.8. The number of benzene rings is 1. The Morgan fingerprint density at radius 2 is 2.05 bits per heavy atom. The summed E-state index contributed by atoms with van der Waals surface area (Å²) in [6.45, 7) is 0.237. The molecule has 0 aliphatic heterocycles. The van der Waals surface area contributed by atoms with Gasteiger partial charge in [-0.05, 0) is 25.0 Å². The first-order valence-electron chi connectivity index (χ1n) is 6.54. The molecule has 4 nitrogen and oxygen atoms in total. The van der Waals surface area contributed by atoms with E-state index in [4.69, 9.17) is 10.5 Å². The molecule has 0 spiro atoms. The van der Waals surface area contributed by atoms with Gasteiger partial charge in [-0.2, -0.15) is 0 Å². The molecule has 5 heteroatoms. The fraction of sp³-hybridized carbons (Fsp3) is 0.500. The highest BCUT2D eigenvalue weighted by molar-refractivity contribution is 5.78. The standard InChI is InChI=1S/C14H19FN2O2/c15-11-5-1-2-6-12(11)19-9-13(18)17-14(10-16)7-3-4-8-14/h1-2,5-6H,3-4,7-10,16H2,(H,17,18). The number of amides is 1. The molecule has 0 unspecified atom stereocenters. The van der Waals surface area contributed by atoms with E-state index < -0.39 is 5.82 Å². The van der Waals surface area contributed by atoms with Crippen molar-refractivity contribution in [2.75, 3.05) is 13.2 Å². The maximum atomic E-state index is 13.3. The Hall–Kier alpha value is -1.62. The lowest BCUT2D eigenvalue weighted by atomic mass is 9.98. The highest BCUT2D eigenvalue weighted by Crippen LogP contribution is 2.28. The van der Waals surface area contributed by atoms with Gasteiger partial charge in [-0.15, -0.1) is 0 Å². The highest BCUT2D eigenvalue weighted by atomic mass is 19.1. The predicted octanol–water partition coefficient (Wildman–Crippen LogP) is 1.59. The Balaban J connectivity index is 1.86. The van der Waals surface area contributed by atoms with E-state index in [0.29, 0.717) is 6.54 Å². The van der Waals surface area contributed by atoms with Crippen molar-refractivity contribution in [3.63, 3.8) is 0 Å². The first kappa shape index (κ1) is 13.8. The average molecular weight is 266 g/mol. The van der Waals surface area contributed by atoms with E-state index in [-0.39, 0.29) is 23.8 Å². The summed E-state index contributed by atoms with van der Waals surface area (Å²) in [4.78, 5) is 11.8. The SMILES string of the molecule is NCC1(NC(=O)COc2ccccc2F)CCCC1. The average Bonchev–Trinajstić information content (AvgIpc) is 2.87. The molecular weight excluding hydrogens is 247 g/mol. The molecule has 3 N–H and O–H groups in total. The van der Waals surface area contributed by atoms with Gasteiger partial charge in [0.05, 0.1) is 5.54 Å². The van der Waals surface area contributed by atoms with Crippen LogP contribution in [0.5, 0.6) is 5.75 Å². The molecule has 0 atom stereocenters. The number of rotatable bonds is 5. The van der Waals surface area contributed by atoms with Crippen LogP contribution in [-0.4, -0.2) is 24.6 Å². The Bertz CT molecular complexity index is 445. The third-order valence-corrected chi connectivity index (χ3v) is 3.55. The van der Waals surface area contributed by atoms with E-state index in [0.717, 1.165) is 25.7 Å². The van der Waals surface area contributed by atoms with Gasteiger partial charge in [-0.25, -0.2) is 4.39 Å². The molecule has 1 amide bonds. The second-order valence-electron chi connectivity index (χ2n) is 4.96. The van der Waals surface area contributed by atoms with Crippen molar-refractivity contribution in [3.05, 3.63) is 30.1 Å². The lowest BCUT2D eigenvalue weighted by Gasteiger charge is -2.28. The summed E-state index contributed by atoms with van der Waals surface area (Å²) in [6.07, 6.45) is 3.95. The summed E-state index contributed by atoms with van der Waals surface area (Å²) in [5.41, 5.74) is 5.44. The number of hydrogen-bond acceptors (Lipinski definition) is 3. The number of halogens is 1. The number of carbonyl (C=O) groups excluding carboxylic acids is 1. The largest absolute Gasteiger partial charge is 0.481 e. The molecular formula is C14H19FN2O2. The van der Waals surface area contributed by atoms with Crippen LogP contribution in [0.4, 0.5) is 4.39 Å². The minimum atomic E-state index is -0.468. The Morgan fingerprint density at radius 1 is 1.37 bits per heavy atom. The van der Waals surface area contributed by atoms with Crippen LogP contribution in [0.1, 0.15) is 25.7 Å². The minimum Gasteiger partial charge on any atom is -0.481 e. The zero-order valence-electron chi connectivity index (χ0n) is 10.8. The number of ether oxygens (including phenoxy) is 1. The maximum absolute atomic E-state index is 13.3. The second-order valence-corrected chi connectivity index (χ2v) is 4.96. The Kier molecular flexibility index (Phi) is 4.37. The van der Waals surface area contributed by atoms with Crippen LogP contribution in [0, 0.1) is 5.82 Å². The Morgan fingerprint density at radius 3 is 2.68 bits per heavy atom. The van der Waals surface area contributed by atoms with Crippen LogP contribution in [0.3, 0.4) is 0 Å². The number of nitrogens with two attached hydrogens (primary N) is 1. The van der Waals surface area contributed by atoms with Crippen molar-refractivity contribution in [2.24, 2.45) is 5.73 Å². The summed E-state index contributed by atoms with van der Waals surface area (Å²) in [6, 6.07) is 6.03. The molecule has 2 rings (SSSR count). The predicted molar refractivity (Wildman–Crippen MR) is 70.3 cm³/mol. The van der Waals surface area contributed by atoms with Crippen LogP contribution in [-0.2, 0) is 4.79 Å². The summed E-state index contributed by atoms with van der Waals surface area (Å²) in [5.74, 6) is -0.633. The monoisotopic (exact) mass is 266 g/mol. The van der Waals surface area contributed by atoms with Crippen LogP contribution in [0.2, 0.25) is 0 Å². The van der Waals surface area contributed by atoms with Crippen molar-refractivity contribution >= 4 is 5.91 Å². The Labute approximate surface area is 112 Å². The van der Waals surface area contributed by atoms with E-state index in [1.54, 1.807) is 12.1 Å². The van der Waals surface area contributed by atoms with E-state index in [1.807, 2.05) is 0 Å².